The van der Waals surface area contributed by atoms with E-state index in [2.05, 4.69) is 48.3 Å². The van der Waals surface area contributed by atoms with Gasteiger partial charge in [0, 0.05) is 62.6 Å². The van der Waals surface area contributed by atoms with Crippen LogP contribution in [0.4, 0.5) is 0 Å². The van der Waals surface area contributed by atoms with E-state index in [1.54, 1.807) is 0 Å². The second kappa shape index (κ2) is 9.20. The van der Waals surface area contributed by atoms with Crippen molar-refractivity contribution in [1.29, 1.82) is 0 Å². The molecular formula is C26H37N5O2. The molecular weight excluding hydrogens is 414 g/mol. The van der Waals surface area contributed by atoms with Crippen LogP contribution < -0.4 is 5.32 Å². The molecule has 3 heterocycles. The molecule has 0 spiro atoms. The van der Waals surface area contributed by atoms with Gasteiger partial charge >= 0.3 is 0 Å². The quantitative estimate of drug-likeness (QED) is 0.755. The van der Waals surface area contributed by atoms with Gasteiger partial charge in [0.15, 0.2) is 5.69 Å². The standard InChI is InChI=1S/C26H37N5O2/c1-26(2,31-12-14-33-15-13-31)18-27-21-8-9-23-22(16-21)24(28-29(23)3)25(32)30-11-10-19-6-4-5-7-20(19)17-30/h4-7,21,27H,8-18H2,1-3H3. The Balaban J connectivity index is 1.27. The number of carbonyl (C=O) groups excluding carboxylic acids is 1. The van der Waals surface area contributed by atoms with Crippen molar-refractivity contribution >= 4 is 5.91 Å². The number of aryl methyl sites for hydroxylation is 1. The Bertz CT molecular complexity index is 1010. The van der Waals surface area contributed by atoms with Crippen LogP contribution in [0.2, 0.25) is 0 Å². The molecule has 1 aliphatic carbocycles. The average molecular weight is 452 g/mol. The second-order valence-electron chi connectivity index (χ2n) is 10.4. The number of hydrogen-bond donors (Lipinski definition) is 1. The van der Waals surface area contributed by atoms with Gasteiger partial charge in [-0.15, -0.1) is 0 Å². The summed E-state index contributed by atoms with van der Waals surface area (Å²) < 4.78 is 7.47. The highest BCUT2D eigenvalue weighted by Gasteiger charge is 2.33. The fourth-order valence-corrected chi connectivity index (χ4v) is 5.63. The molecule has 178 valence electrons. The summed E-state index contributed by atoms with van der Waals surface area (Å²) in [5, 5.41) is 8.54. The fraction of sp³-hybridized carbons (Fsp3) is 0.615. The number of morpholine rings is 1. The van der Waals surface area contributed by atoms with Crippen LogP contribution in [-0.2, 0) is 37.6 Å². The predicted octanol–water partition coefficient (Wildman–Crippen LogP) is 2.18. The van der Waals surface area contributed by atoms with E-state index >= 15 is 0 Å². The summed E-state index contributed by atoms with van der Waals surface area (Å²) in [5.74, 6) is 0.0793. The van der Waals surface area contributed by atoms with E-state index in [-0.39, 0.29) is 11.4 Å². The van der Waals surface area contributed by atoms with Crippen molar-refractivity contribution in [2.75, 3.05) is 39.4 Å². The molecule has 0 bridgehead atoms. The van der Waals surface area contributed by atoms with Crippen LogP contribution in [0.25, 0.3) is 0 Å². The third-order valence-electron chi connectivity index (χ3n) is 7.77. The lowest BCUT2D eigenvalue weighted by Crippen LogP contribution is -2.56. The summed E-state index contributed by atoms with van der Waals surface area (Å²) in [6, 6.07) is 8.83. The van der Waals surface area contributed by atoms with Crippen molar-refractivity contribution in [1.82, 2.24) is 24.9 Å². The third-order valence-corrected chi connectivity index (χ3v) is 7.77. The van der Waals surface area contributed by atoms with E-state index in [9.17, 15) is 4.79 Å². The molecule has 1 amide bonds. The Labute approximate surface area is 197 Å². The molecule has 1 aromatic heterocycles. The van der Waals surface area contributed by atoms with Crippen LogP contribution in [0.15, 0.2) is 24.3 Å². The van der Waals surface area contributed by atoms with Crippen LogP contribution in [0.5, 0.6) is 0 Å². The highest BCUT2D eigenvalue weighted by atomic mass is 16.5. The first kappa shape index (κ1) is 22.6. The van der Waals surface area contributed by atoms with Crippen LogP contribution in [-0.4, -0.2) is 76.5 Å². The van der Waals surface area contributed by atoms with E-state index in [1.165, 1.54) is 16.8 Å². The molecule has 1 unspecified atom stereocenters. The summed E-state index contributed by atoms with van der Waals surface area (Å²) >= 11 is 0. The van der Waals surface area contributed by atoms with E-state index in [4.69, 9.17) is 9.84 Å². The highest BCUT2D eigenvalue weighted by Crippen LogP contribution is 2.28. The number of amides is 1. The van der Waals surface area contributed by atoms with Gasteiger partial charge in [-0.05, 0) is 50.7 Å². The van der Waals surface area contributed by atoms with Gasteiger partial charge < -0.3 is 15.0 Å². The SMILES string of the molecule is Cn1nc(C(=O)N2CCc3ccccc3C2)c2c1CCC(NCC(C)(C)N1CCOCC1)C2. The third kappa shape index (κ3) is 4.59. The van der Waals surface area contributed by atoms with E-state index in [1.807, 2.05) is 16.6 Å². The van der Waals surface area contributed by atoms with Crippen molar-refractivity contribution < 1.29 is 9.53 Å². The number of nitrogens with zero attached hydrogens (tertiary/aromatic N) is 4. The molecule has 2 aromatic rings. The van der Waals surface area contributed by atoms with Crippen LogP contribution in [0.1, 0.15) is 53.1 Å². The van der Waals surface area contributed by atoms with Gasteiger partial charge in [-0.2, -0.15) is 5.10 Å². The maximum Gasteiger partial charge on any atom is 0.274 e. The topological polar surface area (TPSA) is 62.6 Å². The summed E-state index contributed by atoms with van der Waals surface area (Å²) in [6.07, 6.45) is 3.83. The zero-order valence-corrected chi connectivity index (χ0v) is 20.3. The van der Waals surface area contributed by atoms with Crippen molar-refractivity contribution in [3.63, 3.8) is 0 Å². The van der Waals surface area contributed by atoms with E-state index in [0.717, 1.165) is 70.6 Å². The first-order chi connectivity index (χ1) is 15.9. The Morgan fingerprint density at radius 2 is 1.91 bits per heavy atom. The smallest absolute Gasteiger partial charge is 0.274 e. The first-order valence-corrected chi connectivity index (χ1v) is 12.4. The maximum absolute atomic E-state index is 13.5. The Kier molecular flexibility index (Phi) is 6.29. The molecule has 7 heteroatoms. The van der Waals surface area contributed by atoms with E-state index in [0.29, 0.717) is 18.3 Å². The molecule has 1 aromatic carbocycles. The minimum atomic E-state index is 0.0793. The highest BCUT2D eigenvalue weighted by molar-refractivity contribution is 5.94. The number of carbonyl (C=O) groups is 1. The molecule has 33 heavy (non-hydrogen) atoms. The summed E-state index contributed by atoms with van der Waals surface area (Å²) in [6.45, 7) is 10.6. The minimum Gasteiger partial charge on any atom is -0.379 e. The molecule has 1 atom stereocenters. The van der Waals surface area contributed by atoms with Crippen LogP contribution in [0, 0.1) is 0 Å². The zero-order valence-electron chi connectivity index (χ0n) is 20.3. The lowest BCUT2D eigenvalue weighted by atomic mass is 9.90. The lowest BCUT2D eigenvalue weighted by Gasteiger charge is -2.42. The Morgan fingerprint density at radius 1 is 1.15 bits per heavy atom. The van der Waals surface area contributed by atoms with Gasteiger partial charge in [-0.1, -0.05) is 24.3 Å². The average Bonchev–Trinajstić information content (AvgIpc) is 3.18. The number of benzene rings is 1. The van der Waals surface area contributed by atoms with Gasteiger partial charge in [0.2, 0.25) is 0 Å². The number of nitrogens with one attached hydrogen (secondary N) is 1. The summed E-state index contributed by atoms with van der Waals surface area (Å²) in [5.41, 5.74) is 5.73. The number of rotatable bonds is 5. The second-order valence-corrected chi connectivity index (χ2v) is 10.4. The minimum absolute atomic E-state index is 0.0793. The normalized spacial score (nSPS) is 21.5. The number of aromatic nitrogens is 2. The number of hydrogen-bond acceptors (Lipinski definition) is 5. The number of ether oxygens (including phenoxy) is 1. The predicted molar refractivity (Wildman–Crippen MR) is 128 cm³/mol. The molecule has 7 nitrogen and oxygen atoms in total. The lowest BCUT2D eigenvalue weighted by molar-refractivity contribution is -0.0104. The maximum atomic E-state index is 13.5. The molecule has 1 fully saturated rings. The van der Waals surface area contributed by atoms with Crippen molar-refractivity contribution in [3.05, 3.63) is 52.3 Å². The van der Waals surface area contributed by atoms with Gasteiger partial charge in [0.1, 0.15) is 0 Å². The molecule has 1 N–H and O–H groups in total. The van der Waals surface area contributed by atoms with Gasteiger partial charge in [0.05, 0.1) is 13.2 Å². The first-order valence-electron chi connectivity index (χ1n) is 12.4. The molecule has 2 aliphatic heterocycles. The Morgan fingerprint density at radius 3 is 2.70 bits per heavy atom. The summed E-state index contributed by atoms with van der Waals surface area (Å²) in [4.78, 5) is 18.0. The van der Waals surface area contributed by atoms with Crippen molar-refractivity contribution in [2.24, 2.45) is 7.05 Å². The molecule has 0 radical (unpaired) electrons. The number of fused-ring (bicyclic) bond motifs is 2. The largest absolute Gasteiger partial charge is 0.379 e. The summed E-state index contributed by atoms with van der Waals surface area (Å²) in [7, 11) is 1.98. The Hall–Kier alpha value is -2.22. The van der Waals surface area contributed by atoms with Gasteiger partial charge in [-0.25, -0.2) is 0 Å². The van der Waals surface area contributed by atoms with Crippen LogP contribution in [0.3, 0.4) is 0 Å². The molecule has 1 saturated heterocycles. The fourth-order valence-electron chi connectivity index (χ4n) is 5.63. The van der Waals surface area contributed by atoms with Crippen LogP contribution >= 0.6 is 0 Å². The molecule has 5 rings (SSSR count). The zero-order chi connectivity index (χ0) is 23.0. The van der Waals surface area contributed by atoms with Gasteiger partial charge in [0.25, 0.3) is 5.91 Å². The monoisotopic (exact) mass is 451 g/mol. The van der Waals surface area contributed by atoms with Crippen molar-refractivity contribution in [3.8, 4) is 0 Å². The van der Waals surface area contributed by atoms with Gasteiger partial charge in [-0.3, -0.25) is 14.4 Å². The molecule has 3 aliphatic rings. The van der Waals surface area contributed by atoms with E-state index < -0.39 is 0 Å². The van der Waals surface area contributed by atoms with Crippen molar-refractivity contribution in [2.45, 2.75) is 57.7 Å². The molecule has 0 saturated carbocycles.